The van der Waals surface area contributed by atoms with Crippen LogP contribution in [-0.4, -0.2) is 28.4 Å². The van der Waals surface area contributed by atoms with Gasteiger partial charge in [0.25, 0.3) is 0 Å². The molecule has 120 valence electrons. The lowest BCUT2D eigenvalue weighted by Crippen LogP contribution is -2.28. The first-order valence-electron chi connectivity index (χ1n) is 7.54. The lowest BCUT2D eigenvalue weighted by Gasteiger charge is -2.19. The molecule has 1 heterocycles. The first-order valence-corrected chi connectivity index (χ1v) is 7.54. The van der Waals surface area contributed by atoms with E-state index in [0.29, 0.717) is 18.3 Å². The third-order valence-corrected chi connectivity index (χ3v) is 2.93. The summed E-state index contributed by atoms with van der Waals surface area (Å²) < 4.78 is 5.22. The van der Waals surface area contributed by atoms with Gasteiger partial charge in [0.05, 0.1) is 6.20 Å². The number of amides is 1. The standard InChI is InChI=1S/C15H28N4O2/c1-6-7-11(2)8-16-9-12-10-17-19-13(12)18-14(20)21-15(3,4)5/h10-11,16H,6-9H2,1-5H3,(H2,17,18,19,20). The number of aromatic nitrogens is 2. The van der Waals surface area contributed by atoms with E-state index in [-0.39, 0.29) is 0 Å². The summed E-state index contributed by atoms with van der Waals surface area (Å²) in [6, 6.07) is 0. The maximum Gasteiger partial charge on any atom is 0.413 e. The fourth-order valence-electron chi connectivity index (χ4n) is 2.01. The summed E-state index contributed by atoms with van der Waals surface area (Å²) in [6.45, 7) is 11.5. The van der Waals surface area contributed by atoms with E-state index in [9.17, 15) is 4.79 Å². The van der Waals surface area contributed by atoms with Crippen LogP contribution in [0, 0.1) is 5.92 Å². The van der Waals surface area contributed by atoms with Crippen molar-refractivity contribution < 1.29 is 9.53 Å². The van der Waals surface area contributed by atoms with Crippen LogP contribution in [0.3, 0.4) is 0 Å². The van der Waals surface area contributed by atoms with Crippen molar-refractivity contribution >= 4 is 11.9 Å². The quantitative estimate of drug-likeness (QED) is 0.721. The van der Waals surface area contributed by atoms with E-state index >= 15 is 0 Å². The summed E-state index contributed by atoms with van der Waals surface area (Å²) in [5.41, 5.74) is 0.405. The molecule has 1 rings (SSSR count). The normalized spacial score (nSPS) is 13.0. The molecule has 0 radical (unpaired) electrons. The van der Waals surface area contributed by atoms with Crippen molar-refractivity contribution in [3.63, 3.8) is 0 Å². The van der Waals surface area contributed by atoms with Gasteiger partial charge in [-0.1, -0.05) is 20.3 Å². The fourth-order valence-corrected chi connectivity index (χ4v) is 2.01. The fraction of sp³-hybridized carbons (Fsp3) is 0.733. The van der Waals surface area contributed by atoms with E-state index in [1.165, 1.54) is 12.8 Å². The highest BCUT2D eigenvalue weighted by Gasteiger charge is 2.17. The largest absolute Gasteiger partial charge is 0.444 e. The number of nitrogens with one attached hydrogen (secondary N) is 3. The first-order chi connectivity index (χ1) is 9.81. The Morgan fingerprint density at radius 2 is 2.19 bits per heavy atom. The lowest BCUT2D eigenvalue weighted by atomic mass is 10.1. The van der Waals surface area contributed by atoms with Crippen molar-refractivity contribution in [3.8, 4) is 0 Å². The van der Waals surface area contributed by atoms with Crippen LogP contribution in [0.5, 0.6) is 0 Å². The van der Waals surface area contributed by atoms with Crippen LogP contribution in [0.15, 0.2) is 6.20 Å². The van der Waals surface area contributed by atoms with Gasteiger partial charge in [-0.05, 0) is 39.7 Å². The van der Waals surface area contributed by atoms with E-state index in [1.807, 2.05) is 20.8 Å². The van der Waals surface area contributed by atoms with Gasteiger partial charge in [-0.25, -0.2) is 4.79 Å². The number of anilines is 1. The first kappa shape index (κ1) is 17.5. The molecule has 1 unspecified atom stereocenters. The molecule has 1 aromatic rings. The Morgan fingerprint density at radius 1 is 1.48 bits per heavy atom. The molecule has 0 saturated heterocycles. The van der Waals surface area contributed by atoms with Gasteiger partial charge in [0, 0.05) is 12.1 Å². The number of hydrogen-bond acceptors (Lipinski definition) is 4. The molecule has 1 amide bonds. The Labute approximate surface area is 127 Å². The minimum absolute atomic E-state index is 0.479. The minimum atomic E-state index is -0.516. The number of aromatic amines is 1. The Balaban J connectivity index is 2.44. The molecule has 6 nitrogen and oxygen atoms in total. The molecule has 1 atom stereocenters. The second-order valence-corrected chi connectivity index (χ2v) is 6.42. The number of hydrogen-bond donors (Lipinski definition) is 3. The van der Waals surface area contributed by atoms with Crippen LogP contribution >= 0.6 is 0 Å². The van der Waals surface area contributed by atoms with Gasteiger partial charge in [-0.2, -0.15) is 5.10 Å². The zero-order chi connectivity index (χ0) is 15.9. The summed E-state index contributed by atoms with van der Waals surface area (Å²) >= 11 is 0. The van der Waals surface area contributed by atoms with Crippen molar-refractivity contribution in [1.82, 2.24) is 15.5 Å². The zero-order valence-electron chi connectivity index (χ0n) is 13.7. The van der Waals surface area contributed by atoms with E-state index in [1.54, 1.807) is 6.20 Å². The Bertz CT molecular complexity index is 437. The van der Waals surface area contributed by atoms with Crippen LogP contribution in [-0.2, 0) is 11.3 Å². The molecule has 0 bridgehead atoms. The van der Waals surface area contributed by atoms with Crippen LogP contribution in [0.2, 0.25) is 0 Å². The van der Waals surface area contributed by atoms with Crippen LogP contribution in [0.4, 0.5) is 10.6 Å². The average Bonchev–Trinajstić information content (AvgIpc) is 2.74. The predicted octanol–water partition coefficient (Wildman–Crippen LogP) is 3.28. The van der Waals surface area contributed by atoms with E-state index < -0.39 is 11.7 Å². The summed E-state index contributed by atoms with van der Waals surface area (Å²) in [4.78, 5) is 11.7. The molecule has 0 aromatic carbocycles. The van der Waals surface area contributed by atoms with E-state index in [2.05, 4.69) is 34.7 Å². The highest BCUT2D eigenvalue weighted by atomic mass is 16.6. The molecule has 0 fully saturated rings. The van der Waals surface area contributed by atoms with Crippen LogP contribution in [0.25, 0.3) is 0 Å². The van der Waals surface area contributed by atoms with Crippen LogP contribution in [0.1, 0.15) is 53.0 Å². The molecule has 6 heteroatoms. The molecule has 1 aromatic heterocycles. The van der Waals surface area contributed by atoms with Crippen molar-refractivity contribution in [2.45, 2.75) is 59.6 Å². The number of rotatable bonds is 7. The summed E-state index contributed by atoms with van der Waals surface area (Å²) in [5, 5.41) is 12.8. The topological polar surface area (TPSA) is 79.0 Å². The molecule has 0 aliphatic carbocycles. The number of carbonyl (C=O) groups excluding carboxylic acids is 1. The van der Waals surface area contributed by atoms with E-state index in [0.717, 1.165) is 12.1 Å². The summed E-state index contributed by atoms with van der Waals surface area (Å²) in [7, 11) is 0. The van der Waals surface area contributed by atoms with Crippen molar-refractivity contribution in [3.05, 3.63) is 11.8 Å². The Morgan fingerprint density at radius 3 is 2.81 bits per heavy atom. The van der Waals surface area contributed by atoms with Gasteiger partial charge in [0.1, 0.15) is 11.4 Å². The van der Waals surface area contributed by atoms with Gasteiger partial charge in [-0.3, -0.25) is 10.4 Å². The van der Waals surface area contributed by atoms with Gasteiger partial charge in [0.2, 0.25) is 0 Å². The maximum absolute atomic E-state index is 11.7. The van der Waals surface area contributed by atoms with Crippen molar-refractivity contribution in [1.29, 1.82) is 0 Å². The second kappa shape index (κ2) is 8.02. The van der Waals surface area contributed by atoms with Gasteiger partial charge < -0.3 is 10.1 Å². The van der Waals surface area contributed by atoms with Crippen molar-refractivity contribution in [2.24, 2.45) is 5.92 Å². The highest BCUT2D eigenvalue weighted by molar-refractivity contribution is 5.84. The Kier molecular flexibility index (Phi) is 6.68. The van der Waals surface area contributed by atoms with Crippen molar-refractivity contribution in [2.75, 3.05) is 11.9 Å². The monoisotopic (exact) mass is 296 g/mol. The summed E-state index contributed by atoms with van der Waals surface area (Å²) in [6.07, 6.45) is 3.64. The zero-order valence-corrected chi connectivity index (χ0v) is 13.7. The third kappa shape index (κ3) is 7.13. The lowest BCUT2D eigenvalue weighted by molar-refractivity contribution is 0.0635. The van der Waals surface area contributed by atoms with Gasteiger partial charge in [0.15, 0.2) is 0 Å². The number of carbonyl (C=O) groups is 1. The van der Waals surface area contributed by atoms with Gasteiger partial charge >= 0.3 is 6.09 Å². The molecular weight excluding hydrogens is 268 g/mol. The predicted molar refractivity (Wildman–Crippen MR) is 84.2 cm³/mol. The molecular formula is C15H28N4O2. The number of nitrogens with zero attached hydrogens (tertiary/aromatic N) is 1. The Hall–Kier alpha value is -1.56. The number of ether oxygens (including phenoxy) is 1. The highest BCUT2D eigenvalue weighted by Crippen LogP contribution is 2.14. The molecule has 0 aliphatic heterocycles. The van der Waals surface area contributed by atoms with Crippen LogP contribution < -0.4 is 10.6 Å². The second-order valence-electron chi connectivity index (χ2n) is 6.42. The molecule has 0 saturated carbocycles. The third-order valence-electron chi connectivity index (χ3n) is 2.93. The summed E-state index contributed by atoms with van der Waals surface area (Å²) in [5.74, 6) is 1.23. The number of H-pyrrole nitrogens is 1. The SMILES string of the molecule is CCCC(C)CNCc1cn[nH]c1NC(=O)OC(C)(C)C. The van der Waals surface area contributed by atoms with E-state index in [4.69, 9.17) is 4.74 Å². The minimum Gasteiger partial charge on any atom is -0.444 e. The molecule has 3 N–H and O–H groups in total. The maximum atomic E-state index is 11.7. The molecule has 21 heavy (non-hydrogen) atoms. The smallest absolute Gasteiger partial charge is 0.413 e. The molecule has 0 aliphatic rings. The molecule has 0 spiro atoms. The average molecular weight is 296 g/mol. The van der Waals surface area contributed by atoms with Gasteiger partial charge in [-0.15, -0.1) is 0 Å².